The van der Waals surface area contributed by atoms with E-state index in [-0.39, 0.29) is 18.1 Å². The van der Waals surface area contributed by atoms with Gasteiger partial charge >= 0.3 is 0 Å². The molecule has 3 unspecified atom stereocenters. The van der Waals surface area contributed by atoms with Crippen molar-refractivity contribution >= 4 is 0 Å². The van der Waals surface area contributed by atoms with E-state index in [9.17, 15) is 5.11 Å². The molecule has 0 aromatic heterocycles. The molecule has 0 saturated heterocycles. The molecule has 0 aromatic carbocycles. The van der Waals surface area contributed by atoms with E-state index in [0.717, 1.165) is 12.8 Å². The SMILES string of the molecule is CC(O)CC1C=CCCC1O. The Bertz CT molecular complexity index is 140. The van der Waals surface area contributed by atoms with Crippen LogP contribution in [0.25, 0.3) is 0 Å². The van der Waals surface area contributed by atoms with Gasteiger partial charge in [0.15, 0.2) is 0 Å². The van der Waals surface area contributed by atoms with Gasteiger partial charge in [-0.3, -0.25) is 0 Å². The second-order valence-corrected chi connectivity index (χ2v) is 3.32. The zero-order chi connectivity index (χ0) is 8.27. The summed E-state index contributed by atoms with van der Waals surface area (Å²) in [5, 5.41) is 18.5. The Kier molecular flexibility index (Phi) is 3.09. The summed E-state index contributed by atoms with van der Waals surface area (Å²) in [6.07, 6.45) is 6.04. The maximum Gasteiger partial charge on any atom is 0.0606 e. The number of aliphatic hydroxyl groups is 2. The summed E-state index contributed by atoms with van der Waals surface area (Å²) in [6.45, 7) is 1.76. The number of rotatable bonds is 2. The van der Waals surface area contributed by atoms with E-state index in [4.69, 9.17) is 5.11 Å². The lowest BCUT2D eigenvalue weighted by atomic mass is 9.88. The van der Waals surface area contributed by atoms with Crippen molar-refractivity contribution in [2.75, 3.05) is 0 Å². The first-order valence-corrected chi connectivity index (χ1v) is 4.23. The van der Waals surface area contributed by atoms with E-state index in [0.29, 0.717) is 6.42 Å². The van der Waals surface area contributed by atoms with Gasteiger partial charge in [0.2, 0.25) is 0 Å². The van der Waals surface area contributed by atoms with Crippen molar-refractivity contribution in [3.05, 3.63) is 12.2 Å². The first kappa shape index (κ1) is 8.75. The van der Waals surface area contributed by atoms with E-state index >= 15 is 0 Å². The van der Waals surface area contributed by atoms with Gasteiger partial charge in [-0.2, -0.15) is 0 Å². The van der Waals surface area contributed by atoms with E-state index in [1.54, 1.807) is 6.92 Å². The highest BCUT2D eigenvalue weighted by atomic mass is 16.3. The molecule has 0 saturated carbocycles. The van der Waals surface area contributed by atoms with Crippen LogP contribution in [0, 0.1) is 5.92 Å². The van der Waals surface area contributed by atoms with E-state index in [1.807, 2.05) is 6.08 Å². The maximum atomic E-state index is 9.46. The Hall–Kier alpha value is -0.340. The number of hydrogen-bond donors (Lipinski definition) is 2. The monoisotopic (exact) mass is 156 g/mol. The van der Waals surface area contributed by atoms with Crippen molar-refractivity contribution in [2.45, 2.75) is 38.4 Å². The highest BCUT2D eigenvalue weighted by molar-refractivity contribution is 4.97. The van der Waals surface area contributed by atoms with Crippen LogP contribution in [0.15, 0.2) is 12.2 Å². The Balaban J connectivity index is 2.41. The average molecular weight is 156 g/mol. The predicted octanol–water partition coefficient (Wildman–Crippen LogP) is 1.08. The molecule has 11 heavy (non-hydrogen) atoms. The van der Waals surface area contributed by atoms with E-state index < -0.39 is 0 Å². The van der Waals surface area contributed by atoms with Crippen molar-refractivity contribution in [1.82, 2.24) is 0 Å². The molecular formula is C9H16O2. The molecule has 0 amide bonds. The normalized spacial score (nSPS) is 33.7. The summed E-state index contributed by atoms with van der Waals surface area (Å²) in [5.74, 6) is 0.170. The molecule has 0 aliphatic heterocycles. The van der Waals surface area contributed by atoms with Crippen LogP contribution in [0.1, 0.15) is 26.2 Å². The van der Waals surface area contributed by atoms with Gasteiger partial charge in [-0.05, 0) is 26.2 Å². The van der Waals surface area contributed by atoms with Crippen LogP contribution in [0.4, 0.5) is 0 Å². The zero-order valence-corrected chi connectivity index (χ0v) is 6.90. The Morgan fingerprint density at radius 3 is 2.91 bits per heavy atom. The lowest BCUT2D eigenvalue weighted by Gasteiger charge is -2.23. The van der Waals surface area contributed by atoms with Crippen LogP contribution < -0.4 is 0 Å². The largest absolute Gasteiger partial charge is 0.393 e. The second kappa shape index (κ2) is 3.88. The fraction of sp³-hybridized carbons (Fsp3) is 0.778. The minimum absolute atomic E-state index is 0.170. The molecule has 3 atom stereocenters. The topological polar surface area (TPSA) is 40.5 Å². The van der Waals surface area contributed by atoms with Crippen LogP contribution in [-0.2, 0) is 0 Å². The van der Waals surface area contributed by atoms with Crippen molar-refractivity contribution in [3.8, 4) is 0 Å². The molecule has 0 radical (unpaired) electrons. The third-order valence-corrected chi connectivity index (χ3v) is 2.12. The molecule has 1 aliphatic rings. The molecule has 1 aliphatic carbocycles. The standard InChI is InChI=1S/C9H16O2/c1-7(10)6-8-4-2-3-5-9(8)11/h2,4,7-11H,3,5-6H2,1H3. The fourth-order valence-corrected chi connectivity index (χ4v) is 1.51. The van der Waals surface area contributed by atoms with Gasteiger partial charge < -0.3 is 10.2 Å². The van der Waals surface area contributed by atoms with E-state index in [1.165, 1.54) is 0 Å². The molecule has 64 valence electrons. The van der Waals surface area contributed by atoms with Crippen LogP contribution >= 0.6 is 0 Å². The third kappa shape index (κ3) is 2.64. The lowest BCUT2D eigenvalue weighted by Crippen LogP contribution is -2.24. The van der Waals surface area contributed by atoms with Gasteiger partial charge in [0.25, 0.3) is 0 Å². The molecule has 0 bridgehead atoms. The quantitative estimate of drug-likeness (QED) is 0.587. The van der Waals surface area contributed by atoms with Gasteiger partial charge in [0.05, 0.1) is 12.2 Å². The lowest BCUT2D eigenvalue weighted by molar-refractivity contribution is 0.0787. The molecule has 2 N–H and O–H groups in total. The number of aliphatic hydroxyl groups excluding tert-OH is 2. The fourth-order valence-electron chi connectivity index (χ4n) is 1.51. The third-order valence-electron chi connectivity index (χ3n) is 2.12. The summed E-state index contributed by atoms with van der Waals surface area (Å²) in [7, 11) is 0. The van der Waals surface area contributed by atoms with Gasteiger partial charge in [-0.15, -0.1) is 0 Å². The smallest absolute Gasteiger partial charge is 0.0606 e. The molecule has 2 heteroatoms. The van der Waals surface area contributed by atoms with Crippen LogP contribution in [-0.4, -0.2) is 22.4 Å². The van der Waals surface area contributed by atoms with Gasteiger partial charge in [-0.1, -0.05) is 12.2 Å². The number of hydrogen-bond acceptors (Lipinski definition) is 2. The maximum absolute atomic E-state index is 9.46. The summed E-state index contributed by atoms with van der Waals surface area (Å²) in [5.41, 5.74) is 0. The van der Waals surface area contributed by atoms with Crippen LogP contribution in [0.5, 0.6) is 0 Å². The van der Waals surface area contributed by atoms with Crippen molar-refractivity contribution in [1.29, 1.82) is 0 Å². The first-order chi connectivity index (χ1) is 5.20. The molecule has 2 nitrogen and oxygen atoms in total. The van der Waals surface area contributed by atoms with Crippen molar-refractivity contribution < 1.29 is 10.2 Å². The Morgan fingerprint density at radius 1 is 1.64 bits per heavy atom. The molecule has 1 rings (SSSR count). The highest BCUT2D eigenvalue weighted by Gasteiger charge is 2.19. The van der Waals surface area contributed by atoms with Gasteiger partial charge in [-0.25, -0.2) is 0 Å². The van der Waals surface area contributed by atoms with Crippen LogP contribution in [0.3, 0.4) is 0 Å². The summed E-state index contributed by atoms with van der Waals surface area (Å²) in [4.78, 5) is 0. The summed E-state index contributed by atoms with van der Waals surface area (Å²) >= 11 is 0. The molecule has 0 fully saturated rings. The molecular weight excluding hydrogens is 140 g/mol. The Labute approximate surface area is 67.6 Å². The van der Waals surface area contributed by atoms with Crippen LogP contribution in [0.2, 0.25) is 0 Å². The summed E-state index contributed by atoms with van der Waals surface area (Å²) < 4.78 is 0. The minimum atomic E-state index is -0.308. The van der Waals surface area contributed by atoms with Gasteiger partial charge in [0.1, 0.15) is 0 Å². The average Bonchev–Trinajstić information content (AvgIpc) is 1.93. The second-order valence-electron chi connectivity index (χ2n) is 3.32. The molecule has 0 heterocycles. The molecule has 0 spiro atoms. The zero-order valence-electron chi connectivity index (χ0n) is 6.90. The summed E-state index contributed by atoms with van der Waals surface area (Å²) in [6, 6.07) is 0. The van der Waals surface area contributed by atoms with Crippen molar-refractivity contribution in [2.24, 2.45) is 5.92 Å². The van der Waals surface area contributed by atoms with E-state index in [2.05, 4.69) is 6.08 Å². The molecule has 0 aromatic rings. The van der Waals surface area contributed by atoms with Crippen molar-refractivity contribution in [3.63, 3.8) is 0 Å². The highest BCUT2D eigenvalue weighted by Crippen LogP contribution is 2.21. The predicted molar refractivity (Wildman–Crippen MR) is 44.2 cm³/mol. The Morgan fingerprint density at radius 2 is 2.36 bits per heavy atom. The minimum Gasteiger partial charge on any atom is -0.393 e. The van der Waals surface area contributed by atoms with Gasteiger partial charge in [0, 0.05) is 5.92 Å². The first-order valence-electron chi connectivity index (χ1n) is 4.23. The number of allylic oxidation sites excluding steroid dienone is 1.